The van der Waals surface area contributed by atoms with Crippen LogP contribution in [0.5, 0.6) is 0 Å². The van der Waals surface area contributed by atoms with Gasteiger partial charge in [-0.25, -0.2) is 0 Å². The first-order valence-electron chi connectivity index (χ1n) is 6.61. The number of aromatic nitrogens is 2. The molecule has 2 heteroatoms. The van der Waals surface area contributed by atoms with Crippen molar-refractivity contribution in [2.75, 3.05) is 0 Å². The summed E-state index contributed by atoms with van der Waals surface area (Å²) in [6.45, 7) is 0. The van der Waals surface area contributed by atoms with Crippen LogP contribution in [-0.2, 0) is 0 Å². The van der Waals surface area contributed by atoms with Gasteiger partial charge in [0, 0.05) is 11.8 Å². The first-order chi connectivity index (χ1) is 9.90. The lowest BCUT2D eigenvalue weighted by Gasteiger charge is -2.05. The van der Waals surface area contributed by atoms with E-state index < -0.39 is 0 Å². The zero-order valence-corrected chi connectivity index (χ0v) is 10.8. The lowest BCUT2D eigenvalue weighted by molar-refractivity contribution is 1.04. The Morgan fingerprint density at radius 1 is 0.600 bits per heavy atom. The average Bonchev–Trinajstić information content (AvgIpc) is 2.53. The summed E-state index contributed by atoms with van der Waals surface area (Å²) in [4.78, 5) is 0. The van der Waals surface area contributed by atoms with Crippen LogP contribution in [0.15, 0.2) is 72.9 Å². The molecule has 0 aliphatic heterocycles. The molecule has 2 nitrogen and oxygen atoms in total. The summed E-state index contributed by atoms with van der Waals surface area (Å²) in [5, 5.41) is 13.1. The van der Waals surface area contributed by atoms with E-state index in [1.54, 1.807) is 6.20 Å². The Hall–Kier alpha value is -2.74. The third-order valence-electron chi connectivity index (χ3n) is 3.57. The molecule has 0 unspecified atom stereocenters. The van der Waals surface area contributed by atoms with Crippen molar-refractivity contribution in [3.05, 3.63) is 72.9 Å². The highest BCUT2D eigenvalue weighted by Crippen LogP contribution is 2.26. The summed E-state index contributed by atoms with van der Waals surface area (Å²) in [5.41, 5.74) is 2.00. The molecule has 4 aromatic rings. The molecule has 1 aromatic heterocycles. The van der Waals surface area contributed by atoms with Crippen molar-refractivity contribution >= 4 is 21.5 Å². The quantitative estimate of drug-likeness (QED) is 0.470. The Morgan fingerprint density at radius 2 is 1.35 bits per heavy atom. The molecule has 0 radical (unpaired) electrons. The Labute approximate surface area is 116 Å². The van der Waals surface area contributed by atoms with Crippen molar-refractivity contribution in [2.24, 2.45) is 0 Å². The minimum atomic E-state index is 0.905. The van der Waals surface area contributed by atoms with Gasteiger partial charge >= 0.3 is 0 Å². The normalized spacial score (nSPS) is 11.0. The van der Waals surface area contributed by atoms with E-state index in [0.717, 1.165) is 11.3 Å². The third kappa shape index (κ3) is 1.82. The number of benzene rings is 3. The number of rotatable bonds is 1. The monoisotopic (exact) mass is 256 g/mol. The Kier molecular flexibility index (Phi) is 2.46. The Balaban J connectivity index is 1.97. The summed E-state index contributed by atoms with van der Waals surface area (Å²) in [7, 11) is 0. The van der Waals surface area contributed by atoms with E-state index in [1.807, 2.05) is 12.1 Å². The summed E-state index contributed by atoms with van der Waals surface area (Å²) in [6.07, 6.45) is 1.69. The Morgan fingerprint density at radius 3 is 2.10 bits per heavy atom. The fraction of sp³-hybridized carbons (Fsp3) is 0. The van der Waals surface area contributed by atoms with Crippen LogP contribution >= 0.6 is 0 Å². The van der Waals surface area contributed by atoms with Gasteiger partial charge in [0.25, 0.3) is 0 Å². The molecule has 0 aliphatic rings. The molecule has 1 heterocycles. The maximum absolute atomic E-state index is 4.17. The summed E-state index contributed by atoms with van der Waals surface area (Å²) >= 11 is 0. The summed E-state index contributed by atoms with van der Waals surface area (Å²) in [6, 6.07) is 23.2. The molecule has 20 heavy (non-hydrogen) atoms. The molecule has 0 saturated heterocycles. The molecular formula is C18H12N2. The Bertz CT molecular complexity index is 899. The first kappa shape index (κ1) is 11.1. The lowest BCUT2D eigenvalue weighted by Crippen LogP contribution is -1.85. The second kappa shape index (κ2) is 4.42. The second-order valence-corrected chi connectivity index (χ2v) is 4.87. The fourth-order valence-corrected chi connectivity index (χ4v) is 2.55. The van der Waals surface area contributed by atoms with Crippen LogP contribution in [-0.4, -0.2) is 10.2 Å². The molecule has 0 atom stereocenters. The van der Waals surface area contributed by atoms with Gasteiger partial charge in [0.05, 0.1) is 5.69 Å². The molecule has 0 fully saturated rings. The molecule has 3 aromatic carbocycles. The molecule has 0 N–H and O–H groups in total. The van der Waals surface area contributed by atoms with Crippen molar-refractivity contribution in [2.45, 2.75) is 0 Å². The van der Waals surface area contributed by atoms with Crippen molar-refractivity contribution in [3.63, 3.8) is 0 Å². The standard InChI is InChI=1S/C18H12N2/c1-2-5-14-11-17-12-16(18-6-3-9-19-20-18)8-7-15(17)10-13(14)4-1/h1-12H. The lowest BCUT2D eigenvalue weighted by atomic mass is 10.0. The van der Waals surface area contributed by atoms with Gasteiger partial charge in [0.15, 0.2) is 0 Å². The van der Waals surface area contributed by atoms with E-state index in [2.05, 4.69) is 64.8 Å². The SMILES string of the molecule is c1cnnc(-c2ccc3cc4ccccc4cc3c2)c1. The predicted octanol–water partition coefficient (Wildman–Crippen LogP) is 4.45. The van der Waals surface area contributed by atoms with Gasteiger partial charge in [0.1, 0.15) is 0 Å². The predicted molar refractivity (Wildman–Crippen MR) is 82.5 cm³/mol. The molecule has 0 saturated carbocycles. The van der Waals surface area contributed by atoms with Gasteiger partial charge in [-0.1, -0.05) is 36.4 Å². The highest BCUT2D eigenvalue weighted by atomic mass is 15.1. The summed E-state index contributed by atoms with van der Waals surface area (Å²) < 4.78 is 0. The van der Waals surface area contributed by atoms with E-state index in [9.17, 15) is 0 Å². The third-order valence-corrected chi connectivity index (χ3v) is 3.57. The van der Waals surface area contributed by atoms with Gasteiger partial charge < -0.3 is 0 Å². The van der Waals surface area contributed by atoms with Crippen LogP contribution in [0.1, 0.15) is 0 Å². The smallest absolute Gasteiger partial charge is 0.0929 e. The summed E-state index contributed by atoms with van der Waals surface area (Å²) in [5.74, 6) is 0. The first-order valence-corrected chi connectivity index (χ1v) is 6.61. The maximum atomic E-state index is 4.17. The highest BCUT2D eigenvalue weighted by molar-refractivity contribution is 5.99. The van der Waals surface area contributed by atoms with Crippen molar-refractivity contribution in [1.82, 2.24) is 10.2 Å². The van der Waals surface area contributed by atoms with Gasteiger partial charge in [0.2, 0.25) is 0 Å². The number of fused-ring (bicyclic) bond motifs is 2. The topological polar surface area (TPSA) is 25.8 Å². The molecule has 0 aliphatic carbocycles. The van der Waals surface area contributed by atoms with Crippen molar-refractivity contribution in [3.8, 4) is 11.3 Å². The van der Waals surface area contributed by atoms with E-state index in [0.29, 0.717) is 0 Å². The highest BCUT2D eigenvalue weighted by Gasteiger charge is 2.02. The van der Waals surface area contributed by atoms with Gasteiger partial charge in [-0.2, -0.15) is 10.2 Å². The van der Waals surface area contributed by atoms with Gasteiger partial charge in [-0.15, -0.1) is 0 Å². The van der Waals surface area contributed by atoms with Crippen LogP contribution in [0.25, 0.3) is 32.8 Å². The van der Waals surface area contributed by atoms with Crippen LogP contribution in [0.2, 0.25) is 0 Å². The van der Waals surface area contributed by atoms with E-state index in [1.165, 1.54) is 21.5 Å². The van der Waals surface area contributed by atoms with E-state index in [4.69, 9.17) is 0 Å². The van der Waals surface area contributed by atoms with Crippen molar-refractivity contribution < 1.29 is 0 Å². The molecule has 0 amide bonds. The molecule has 94 valence electrons. The van der Waals surface area contributed by atoms with Crippen molar-refractivity contribution in [1.29, 1.82) is 0 Å². The second-order valence-electron chi connectivity index (χ2n) is 4.87. The van der Waals surface area contributed by atoms with E-state index >= 15 is 0 Å². The molecule has 0 spiro atoms. The van der Waals surface area contributed by atoms with Crippen LogP contribution < -0.4 is 0 Å². The molecule has 4 rings (SSSR count). The largest absolute Gasteiger partial charge is 0.159 e. The van der Waals surface area contributed by atoms with Crippen LogP contribution in [0.4, 0.5) is 0 Å². The van der Waals surface area contributed by atoms with Crippen LogP contribution in [0.3, 0.4) is 0 Å². The van der Waals surface area contributed by atoms with E-state index in [-0.39, 0.29) is 0 Å². The maximum Gasteiger partial charge on any atom is 0.0929 e. The number of hydrogen-bond acceptors (Lipinski definition) is 2. The zero-order chi connectivity index (χ0) is 13.4. The minimum Gasteiger partial charge on any atom is -0.159 e. The average molecular weight is 256 g/mol. The number of nitrogens with zero attached hydrogens (tertiary/aromatic N) is 2. The molecular weight excluding hydrogens is 244 g/mol. The van der Waals surface area contributed by atoms with Gasteiger partial charge in [-0.05, 0) is 51.9 Å². The molecule has 0 bridgehead atoms. The zero-order valence-electron chi connectivity index (χ0n) is 10.8. The van der Waals surface area contributed by atoms with Crippen LogP contribution in [0, 0.1) is 0 Å². The number of hydrogen-bond donors (Lipinski definition) is 0. The fourth-order valence-electron chi connectivity index (χ4n) is 2.55. The van der Waals surface area contributed by atoms with Gasteiger partial charge in [-0.3, -0.25) is 0 Å². The minimum absolute atomic E-state index is 0.905.